The van der Waals surface area contributed by atoms with Gasteiger partial charge in [-0.3, -0.25) is 0 Å². The Morgan fingerprint density at radius 2 is 1.74 bits per heavy atom. The number of hydrogen-bond donors (Lipinski definition) is 0. The van der Waals surface area contributed by atoms with E-state index in [2.05, 4.69) is 0 Å². The summed E-state index contributed by atoms with van der Waals surface area (Å²) in [4.78, 5) is 0. The van der Waals surface area contributed by atoms with E-state index in [-0.39, 0.29) is 24.1 Å². The molecule has 0 saturated carbocycles. The zero-order valence-electron chi connectivity index (χ0n) is 13.5. The van der Waals surface area contributed by atoms with Crippen LogP contribution >= 0.6 is 0 Å². The molecule has 0 aliphatic carbocycles. The molecule has 0 amide bonds. The smallest absolute Gasteiger partial charge is 0.282 e. The van der Waals surface area contributed by atoms with Crippen LogP contribution in [-0.4, -0.2) is 48.9 Å². The van der Waals surface area contributed by atoms with Crippen LogP contribution in [0.1, 0.15) is 38.3 Å². The predicted molar refractivity (Wildman–Crippen MR) is 85.6 cm³/mol. The number of nitrogens with zero attached hydrogens (tertiary/aromatic N) is 2. The lowest BCUT2D eigenvalue weighted by atomic mass is 10.1. The highest BCUT2D eigenvalue weighted by Gasteiger charge is 2.41. The summed E-state index contributed by atoms with van der Waals surface area (Å²) in [6, 6.07) is 5.92. The summed E-state index contributed by atoms with van der Waals surface area (Å²) in [7, 11) is -3.54. The van der Waals surface area contributed by atoms with Gasteiger partial charge in [0.05, 0.1) is 18.2 Å². The maximum absolute atomic E-state index is 13.1. The molecule has 0 bridgehead atoms. The molecule has 7 heteroatoms. The molecule has 2 fully saturated rings. The lowest BCUT2D eigenvalue weighted by molar-refractivity contribution is -0.0455. The van der Waals surface area contributed by atoms with Crippen molar-refractivity contribution in [2.45, 2.75) is 44.9 Å². The summed E-state index contributed by atoms with van der Waals surface area (Å²) in [6.07, 6.45) is 1.36. The van der Waals surface area contributed by atoms with Crippen LogP contribution in [0.5, 0.6) is 0 Å². The third-order valence-corrected chi connectivity index (χ3v) is 6.45. The van der Waals surface area contributed by atoms with Crippen LogP contribution in [0.4, 0.5) is 4.39 Å². The van der Waals surface area contributed by atoms with Crippen LogP contribution in [0.3, 0.4) is 0 Å². The van der Waals surface area contributed by atoms with E-state index in [1.807, 2.05) is 13.8 Å². The molecule has 1 aromatic carbocycles. The first kappa shape index (κ1) is 16.8. The minimum atomic E-state index is -3.54. The van der Waals surface area contributed by atoms with Gasteiger partial charge in [-0.15, -0.1) is 0 Å². The molecule has 128 valence electrons. The molecular weight excluding hydrogens is 319 g/mol. The second kappa shape index (κ2) is 6.47. The van der Waals surface area contributed by atoms with E-state index in [0.717, 1.165) is 18.4 Å². The van der Waals surface area contributed by atoms with Gasteiger partial charge in [0.15, 0.2) is 0 Å². The summed E-state index contributed by atoms with van der Waals surface area (Å²) in [5.41, 5.74) is 0.849. The predicted octanol–water partition coefficient (Wildman–Crippen LogP) is 2.32. The first-order chi connectivity index (χ1) is 10.9. The molecule has 23 heavy (non-hydrogen) atoms. The molecule has 3 atom stereocenters. The van der Waals surface area contributed by atoms with Crippen molar-refractivity contribution in [2.24, 2.45) is 0 Å². The van der Waals surface area contributed by atoms with E-state index in [1.54, 1.807) is 16.4 Å². The zero-order chi connectivity index (χ0) is 16.6. The highest BCUT2D eigenvalue weighted by Crippen LogP contribution is 2.35. The average Bonchev–Trinajstić information content (AvgIpc) is 2.97. The van der Waals surface area contributed by atoms with Crippen LogP contribution in [0.2, 0.25) is 0 Å². The summed E-state index contributed by atoms with van der Waals surface area (Å²) >= 11 is 0. The number of benzene rings is 1. The van der Waals surface area contributed by atoms with Gasteiger partial charge in [0.2, 0.25) is 0 Å². The van der Waals surface area contributed by atoms with Crippen molar-refractivity contribution >= 4 is 10.2 Å². The van der Waals surface area contributed by atoms with Crippen molar-refractivity contribution in [1.82, 2.24) is 8.61 Å². The zero-order valence-corrected chi connectivity index (χ0v) is 14.3. The van der Waals surface area contributed by atoms with Crippen molar-refractivity contribution in [3.8, 4) is 0 Å². The Balaban J connectivity index is 1.84. The lowest BCUT2D eigenvalue weighted by Gasteiger charge is -2.37. The number of morpholine rings is 1. The summed E-state index contributed by atoms with van der Waals surface area (Å²) < 4.78 is 47.9. The first-order valence-corrected chi connectivity index (χ1v) is 9.45. The largest absolute Gasteiger partial charge is 0.373 e. The van der Waals surface area contributed by atoms with Gasteiger partial charge < -0.3 is 4.74 Å². The monoisotopic (exact) mass is 342 g/mol. The molecule has 1 aromatic rings. The van der Waals surface area contributed by atoms with Crippen LogP contribution in [0.15, 0.2) is 24.3 Å². The number of ether oxygens (including phenoxy) is 1. The van der Waals surface area contributed by atoms with Crippen molar-refractivity contribution in [2.75, 3.05) is 19.6 Å². The molecule has 0 aromatic heterocycles. The molecular formula is C16H23FN2O3S. The van der Waals surface area contributed by atoms with Gasteiger partial charge in [-0.1, -0.05) is 12.1 Å². The average molecular weight is 342 g/mol. The third-order valence-electron chi connectivity index (χ3n) is 4.47. The second-order valence-electron chi connectivity index (χ2n) is 6.40. The summed E-state index contributed by atoms with van der Waals surface area (Å²) in [5.74, 6) is -0.308. The maximum Gasteiger partial charge on any atom is 0.282 e. The Labute approximate surface area is 137 Å². The Kier molecular flexibility index (Phi) is 4.73. The van der Waals surface area contributed by atoms with Gasteiger partial charge in [-0.2, -0.15) is 17.0 Å². The molecule has 3 rings (SSSR count). The number of hydrogen-bond acceptors (Lipinski definition) is 3. The number of halogens is 1. The van der Waals surface area contributed by atoms with Crippen molar-refractivity contribution in [3.63, 3.8) is 0 Å². The molecule has 2 aliphatic heterocycles. The first-order valence-electron chi connectivity index (χ1n) is 8.06. The van der Waals surface area contributed by atoms with Gasteiger partial charge in [0.25, 0.3) is 10.2 Å². The topological polar surface area (TPSA) is 49.9 Å². The Morgan fingerprint density at radius 3 is 2.35 bits per heavy atom. The molecule has 2 aliphatic rings. The Hall–Kier alpha value is -1.02. The number of rotatable bonds is 3. The van der Waals surface area contributed by atoms with E-state index in [0.29, 0.717) is 19.6 Å². The highest BCUT2D eigenvalue weighted by atomic mass is 32.2. The van der Waals surface area contributed by atoms with E-state index in [1.165, 1.54) is 16.4 Å². The fraction of sp³-hybridized carbons (Fsp3) is 0.625. The fourth-order valence-electron chi connectivity index (χ4n) is 3.50. The fourth-order valence-corrected chi connectivity index (χ4v) is 5.50. The van der Waals surface area contributed by atoms with Gasteiger partial charge in [0, 0.05) is 19.6 Å². The van der Waals surface area contributed by atoms with Crippen LogP contribution in [0.25, 0.3) is 0 Å². The summed E-state index contributed by atoms with van der Waals surface area (Å²) in [6.45, 7) is 5.03. The second-order valence-corrected chi connectivity index (χ2v) is 8.28. The SMILES string of the molecule is CC1CN(S(=O)(=O)N2CCCC2c2ccc(F)cc2)CC(C)O1. The van der Waals surface area contributed by atoms with E-state index in [9.17, 15) is 12.8 Å². The molecule has 0 spiro atoms. The minimum Gasteiger partial charge on any atom is -0.373 e. The van der Waals surface area contributed by atoms with Gasteiger partial charge in [-0.05, 0) is 44.4 Å². The standard InChI is InChI=1S/C16H23FN2O3S/c1-12-10-18(11-13(2)22-12)23(20,21)19-9-3-4-16(19)14-5-7-15(17)8-6-14/h5-8,12-13,16H,3-4,9-11H2,1-2H3. The van der Waals surface area contributed by atoms with Crippen molar-refractivity contribution in [3.05, 3.63) is 35.6 Å². The quantitative estimate of drug-likeness (QED) is 0.847. The van der Waals surface area contributed by atoms with Crippen molar-refractivity contribution < 1.29 is 17.5 Å². The van der Waals surface area contributed by atoms with Gasteiger partial charge in [0.1, 0.15) is 5.82 Å². The van der Waals surface area contributed by atoms with Crippen LogP contribution in [0, 0.1) is 5.82 Å². The minimum absolute atomic E-state index is 0.111. The maximum atomic E-state index is 13.1. The lowest BCUT2D eigenvalue weighted by Crippen LogP contribution is -2.52. The normalized spacial score (nSPS) is 30.7. The molecule has 5 nitrogen and oxygen atoms in total. The Morgan fingerprint density at radius 1 is 1.13 bits per heavy atom. The van der Waals surface area contributed by atoms with E-state index >= 15 is 0 Å². The summed E-state index contributed by atoms with van der Waals surface area (Å²) in [5, 5.41) is 0. The van der Waals surface area contributed by atoms with Crippen molar-refractivity contribution in [1.29, 1.82) is 0 Å². The Bertz CT molecular complexity index is 640. The van der Waals surface area contributed by atoms with Gasteiger partial charge >= 0.3 is 0 Å². The van der Waals surface area contributed by atoms with E-state index < -0.39 is 10.2 Å². The van der Waals surface area contributed by atoms with Gasteiger partial charge in [-0.25, -0.2) is 4.39 Å². The molecule has 2 heterocycles. The molecule has 2 saturated heterocycles. The third kappa shape index (κ3) is 3.42. The molecule has 0 N–H and O–H groups in total. The molecule has 0 radical (unpaired) electrons. The van der Waals surface area contributed by atoms with E-state index in [4.69, 9.17) is 4.74 Å². The molecule has 3 unspecified atom stereocenters. The highest BCUT2D eigenvalue weighted by molar-refractivity contribution is 7.86. The van der Waals surface area contributed by atoms with Crippen LogP contribution in [-0.2, 0) is 14.9 Å². The van der Waals surface area contributed by atoms with Crippen LogP contribution < -0.4 is 0 Å².